The molecule has 42 heavy (non-hydrogen) atoms. The van der Waals surface area contributed by atoms with Gasteiger partial charge in [0.1, 0.15) is 23.7 Å². The summed E-state index contributed by atoms with van der Waals surface area (Å²) in [5, 5.41) is 2.99. The third kappa shape index (κ3) is 7.06. The number of anilines is 3. The monoisotopic (exact) mass is 594 g/mol. The lowest BCUT2D eigenvalue weighted by Gasteiger charge is -2.35. The smallest absolute Gasteiger partial charge is 0.247 e. The van der Waals surface area contributed by atoms with Crippen LogP contribution in [0.3, 0.4) is 0 Å². The van der Waals surface area contributed by atoms with Crippen LogP contribution in [-0.4, -0.2) is 73.6 Å². The molecule has 2 amide bonds. The summed E-state index contributed by atoms with van der Waals surface area (Å²) < 4.78 is 20.1. The molecule has 0 atom stereocenters. The van der Waals surface area contributed by atoms with Crippen molar-refractivity contribution in [3.05, 3.63) is 82.5 Å². The number of aryl methyl sites for hydroxylation is 1. The van der Waals surface area contributed by atoms with Crippen molar-refractivity contribution in [3.63, 3.8) is 0 Å². The van der Waals surface area contributed by atoms with Gasteiger partial charge in [-0.3, -0.25) is 14.5 Å². The number of methoxy groups -OCH3 is 1. The maximum atomic E-state index is 14.9. The van der Waals surface area contributed by atoms with Crippen molar-refractivity contribution in [3.8, 4) is 5.75 Å². The molecule has 0 spiro atoms. The number of hydrogen-bond acceptors (Lipinski definition) is 7. The van der Waals surface area contributed by atoms with Crippen molar-refractivity contribution in [2.75, 3.05) is 62.0 Å². The number of halogens is 2. The number of rotatable bonds is 10. The van der Waals surface area contributed by atoms with Gasteiger partial charge >= 0.3 is 0 Å². The van der Waals surface area contributed by atoms with Crippen LogP contribution < -0.4 is 19.9 Å². The lowest BCUT2D eigenvalue weighted by molar-refractivity contribution is -0.117. The molecule has 9 nitrogen and oxygen atoms in total. The lowest BCUT2D eigenvalue weighted by atomic mass is 10.0. The Labute approximate surface area is 250 Å². The second kappa shape index (κ2) is 13.8. The Balaban J connectivity index is 1.54. The molecule has 0 saturated carbocycles. The molecule has 1 aliphatic rings. The number of amides is 2. The minimum atomic E-state index is -0.546. The topological polar surface area (TPSA) is 90.9 Å². The van der Waals surface area contributed by atoms with E-state index in [9.17, 15) is 14.0 Å². The van der Waals surface area contributed by atoms with Crippen LogP contribution in [0.15, 0.2) is 49.3 Å². The highest BCUT2D eigenvalue weighted by Gasteiger charge is 2.22. The van der Waals surface area contributed by atoms with Crippen LogP contribution in [-0.2, 0) is 22.4 Å². The molecule has 2 aromatic carbocycles. The summed E-state index contributed by atoms with van der Waals surface area (Å²) in [4.78, 5) is 40.2. The number of ether oxygens (including phenoxy) is 1. The zero-order valence-electron chi connectivity index (χ0n) is 24.4. The second-order valence-electron chi connectivity index (χ2n) is 10.1. The summed E-state index contributed by atoms with van der Waals surface area (Å²) in [5.41, 5.74) is 3.58. The van der Waals surface area contributed by atoms with Crippen LogP contribution in [0, 0.1) is 12.7 Å². The van der Waals surface area contributed by atoms with Gasteiger partial charge in [-0.25, -0.2) is 14.4 Å². The lowest BCUT2D eigenvalue weighted by Crippen LogP contribution is -2.46. The van der Waals surface area contributed by atoms with E-state index in [1.165, 1.54) is 30.5 Å². The summed E-state index contributed by atoms with van der Waals surface area (Å²) in [7, 11) is 3.00. The Morgan fingerprint density at radius 3 is 2.60 bits per heavy atom. The van der Waals surface area contributed by atoms with Gasteiger partial charge in [-0.2, -0.15) is 0 Å². The first-order valence-electron chi connectivity index (χ1n) is 13.8. The zero-order chi connectivity index (χ0) is 30.4. The maximum Gasteiger partial charge on any atom is 0.247 e. The standard InChI is InChI=1S/C31H36ClFN6O3/c1-6-28(40)36-25-17-23(39-12-10-38(7-2)11-13-39)9-8-21(25)15-22-16-27(35-19-34-22)37(4)29(41)18-24-30(32)26(42-5)14-20(3)31(24)33/h6,8-9,14,16-17,19H,1,7,10-13,15,18H2,2-5H3,(H,36,40). The second-order valence-corrected chi connectivity index (χ2v) is 10.5. The summed E-state index contributed by atoms with van der Waals surface area (Å²) >= 11 is 6.33. The fraction of sp³-hybridized carbons (Fsp3) is 0.355. The van der Waals surface area contributed by atoms with Crippen molar-refractivity contribution in [1.82, 2.24) is 14.9 Å². The number of aromatic nitrogens is 2. The van der Waals surface area contributed by atoms with Crippen molar-refractivity contribution in [1.29, 1.82) is 0 Å². The Bertz CT molecular complexity index is 1480. The Morgan fingerprint density at radius 1 is 1.19 bits per heavy atom. The first-order chi connectivity index (χ1) is 20.1. The van der Waals surface area contributed by atoms with Gasteiger partial charge < -0.3 is 19.9 Å². The van der Waals surface area contributed by atoms with E-state index in [2.05, 4.69) is 38.6 Å². The summed E-state index contributed by atoms with van der Waals surface area (Å²) in [6.45, 7) is 12.1. The van der Waals surface area contributed by atoms with Gasteiger partial charge in [0.15, 0.2) is 0 Å². The molecular formula is C31H36ClFN6O3. The molecule has 0 radical (unpaired) electrons. The number of hydrogen-bond donors (Lipinski definition) is 1. The number of nitrogens with one attached hydrogen (secondary N) is 1. The Hall–Kier alpha value is -4.02. The number of likely N-dealkylation sites (N-methyl/N-ethyl adjacent to an activating group) is 2. The summed E-state index contributed by atoms with van der Waals surface area (Å²) in [5.74, 6) is -0.603. The van der Waals surface area contributed by atoms with E-state index in [4.69, 9.17) is 16.3 Å². The largest absolute Gasteiger partial charge is 0.495 e. The third-order valence-electron chi connectivity index (χ3n) is 7.51. The number of carbonyl (C=O) groups excluding carboxylic acids is 2. The number of piperazine rings is 1. The fourth-order valence-electron chi connectivity index (χ4n) is 4.91. The molecule has 0 bridgehead atoms. The van der Waals surface area contributed by atoms with Gasteiger partial charge in [-0.1, -0.05) is 31.2 Å². The van der Waals surface area contributed by atoms with Gasteiger partial charge in [-0.15, -0.1) is 0 Å². The van der Waals surface area contributed by atoms with Gasteiger partial charge in [0.05, 0.1) is 24.2 Å². The highest BCUT2D eigenvalue weighted by atomic mass is 35.5. The van der Waals surface area contributed by atoms with E-state index in [1.54, 1.807) is 20.0 Å². The van der Waals surface area contributed by atoms with E-state index in [1.807, 2.05) is 18.2 Å². The highest BCUT2D eigenvalue weighted by molar-refractivity contribution is 6.33. The summed E-state index contributed by atoms with van der Waals surface area (Å²) in [6, 6.07) is 9.20. The maximum absolute atomic E-state index is 14.9. The first-order valence-corrected chi connectivity index (χ1v) is 14.2. The molecule has 222 valence electrons. The fourth-order valence-corrected chi connectivity index (χ4v) is 5.19. The van der Waals surface area contributed by atoms with E-state index in [0.717, 1.165) is 44.0 Å². The normalized spacial score (nSPS) is 13.5. The number of nitrogens with zero attached hydrogens (tertiary/aromatic N) is 5. The predicted octanol–water partition coefficient (Wildman–Crippen LogP) is 4.65. The van der Waals surface area contributed by atoms with Crippen molar-refractivity contribution in [2.24, 2.45) is 0 Å². The average Bonchev–Trinajstić information content (AvgIpc) is 3.01. The van der Waals surface area contributed by atoms with Crippen molar-refractivity contribution < 1.29 is 18.7 Å². The molecule has 4 rings (SSSR count). The van der Waals surface area contributed by atoms with Crippen LogP contribution in [0.25, 0.3) is 0 Å². The molecule has 3 aromatic rings. The van der Waals surface area contributed by atoms with Gasteiger partial charge in [0.2, 0.25) is 11.8 Å². The third-order valence-corrected chi connectivity index (χ3v) is 7.92. The molecule has 1 saturated heterocycles. The summed E-state index contributed by atoms with van der Waals surface area (Å²) in [6.07, 6.45) is 2.72. The molecule has 1 aliphatic heterocycles. The SMILES string of the molecule is C=CC(=O)Nc1cc(N2CCN(CC)CC2)ccc1Cc1cc(N(C)C(=O)Cc2c(F)c(C)cc(OC)c2Cl)ncn1. The van der Waals surface area contributed by atoms with Crippen molar-refractivity contribution in [2.45, 2.75) is 26.7 Å². The van der Waals surface area contributed by atoms with Crippen LogP contribution in [0.4, 0.5) is 21.6 Å². The van der Waals surface area contributed by atoms with E-state index >= 15 is 0 Å². The van der Waals surface area contributed by atoms with Gasteiger partial charge in [0, 0.05) is 62.7 Å². The van der Waals surface area contributed by atoms with Crippen LogP contribution in [0.1, 0.15) is 29.3 Å². The molecule has 1 N–H and O–H groups in total. The van der Waals surface area contributed by atoms with Crippen molar-refractivity contribution >= 4 is 40.6 Å². The van der Waals surface area contributed by atoms with Gasteiger partial charge in [0.25, 0.3) is 0 Å². The molecule has 2 heterocycles. The van der Waals surface area contributed by atoms with Crippen LogP contribution in [0.2, 0.25) is 5.02 Å². The number of carbonyl (C=O) groups is 2. The van der Waals surface area contributed by atoms with E-state index < -0.39 is 11.7 Å². The first kappa shape index (κ1) is 30.9. The molecule has 0 aliphatic carbocycles. The van der Waals surface area contributed by atoms with E-state index in [0.29, 0.717) is 34.9 Å². The Kier molecular flexibility index (Phi) is 10.1. The predicted molar refractivity (Wildman–Crippen MR) is 164 cm³/mol. The quantitative estimate of drug-likeness (QED) is 0.342. The van der Waals surface area contributed by atoms with Gasteiger partial charge in [-0.05, 0) is 48.9 Å². The highest BCUT2D eigenvalue weighted by Crippen LogP contribution is 2.33. The average molecular weight is 595 g/mol. The van der Waals surface area contributed by atoms with Crippen LogP contribution in [0.5, 0.6) is 5.75 Å². The molecule has 1 aromatic heterocycles. The minimum Gasteiger partial charge on any atom is -0.495 e. The molecule has 11 heteroatoms. The molecule has 1 fully saturated rings. The van der Waals surface area contributed by atoms with Crippen LogP contribution >= 0.6 is 11.6 Å². The van der Waals surface area contributed by atoms with E-state index in [-0.39, 0.29) is 22.9 Å². The number of benzene rings is 2. The molecule has 0 unspecified atom stereocenters. The molecular weight excluding hydrogens is 559 g/mol. The Morgan fingerprint density at radius 2 is 1.93 bits per heavy atom. The zero-order valence-corrected chi connectivity index (χ0v) is 25.2. The minimum absolute atomic E-state index is 0.0653.